The van der Waals surface area contributed by atoms with Crippen molar-refractivity contribution in [1.82, 2.24) is 24.5 Å². The van der Waals surface area contributed by atoms with Gasteiger partial charge in [-0.3, -0.25) is 9.25 Å². The highest BCUT2D eigenvalue weighted by molar-refractivity contribution is 5.52. The van der Waals surface area contributed by atoms with Crippen molar-refractivity contribution in [2.75, 3.05) is 12.4 Å². The van der Waals surface area contributed by atoms with E-state index in [2.05, 4.69) is 20.6 Å². The fourth-order valence-corrected chi connectivity index (χ4v) is 1.36. The molecular formula is C8H12N6. The number of hydrogen-bond donors (Lipinski definition) is 1. The summed E-state index contributed by atoms with van der Waals surface area (Å²) in [5.41, 5.74) is 0.946. The van der Waals surface area contributed by atoms with E-state index in [1.54, 1.807) is 10.9 Å². The Morgan fingerprint density at radius 1 is 1.29 bits per heavy atom. The molecule has 0 aromatic carbocycles. The minimum Gasteiger partial charge on any atom is -0.357 e. The van der Waals surface area contributed by atoms with Crippen LogP contribution in [0.5, 0.6) is 0 Å². The van der Waals surface area contributed by atoms with E-state index in [0.29, 0.717) is 0 Å². The number of anilines is 1. The molecule has 2 aromatic rings. The molecule has 1 N–H and O–H groups in total. The third kappa shape index (κ3) is 1.15. The van der Waals surface area contributed by atoms with Gasteiger partial charge in [-0.25, -0.2) is 0 Å². The molecule has 2 aromatic heterocycles. The average molecular weight is 192 g/mol. The van der Waals surface area contributed by atoms with E-state index in [1.165, 1.54) is 0 Å². The molecule has 0 fully saturated rings. The summed E-state index contributed by atoms with van der Waals surface area (Å²) in [7, 11) is 5.61. The standard InChI is InChI=1S/C8H12N6/c1-9-8-12-11-7(13(8)2)6-4-5-10-14(6)3/h4-5H,1-3H3,(H,9,12). The molecule has 74 valence electrons. The summed E-state index contributed by atoms with van der Waals surface area (Å²) in [5.74, 6) is 1.54. The lowest BCUT2D eigenvalue weighted by Crippen LogP contribution is -2.02. The highest BCUT2D eigenvalue weighted by Crippen LogP contribution is 2.17. The normalized spacial score (nSPS) is 10.5. The lowest BCUT2D eigenvalue weighted by Gasteiger charge is -2.02. The first-order chi connectivity index (χ1) is 6.74. The number of hydrogen-bond acceptors (Lipinski definition) is 4. The van der Waals surface area contributed by atoms with Crippen LogP contribution in [0.1, 0.15) is 0 Å². The first-order valence-electron chi connectivity index (χ1n) is 4.29. The molecule has 2 rings (SSSR count). The number of nitrogens with one attached hydrogen (secondary N) is 1. The Balaban J connectivity index is 2.52. The maximum atomic E-state index is 4.08. The summed E-state index contributed by atoms with van der Waals surface area (Å²) in [4.78, 5) is 0. The smallest absolute Gasteiger partial charge is 0.224 e. The Kier molecular flexibility index (Phi) is 1.95. The molecule has 0 unspecified atom stereocenters. The summed E-state index contributed by atoms with van der Waals surface area (Å²) in [6.45, 7) is 0. The van der Waals surface area contributed by atoms with Gasteiger partial charge in [-0.1, -0.05) is 0 Å². The van der Waals surface area contributed by atoms with E-state index in [1.807, 2.05) is 31.8 Å². The van der Waals surface area contributed by atoms with E-state index in [0.717, 1.165) is 17.5 Å². The van der Waals surface area contributed by atoms with Gasteiger partial charge in [0.2, 0.25) is 5.95 Å². The third-order valence-corrected chi connectivity index (χ3v) is 2.15. The Labute approximate surface area is 81.6 Å². The summed E-state index contributed by atoms with van der Waals surface area (Å²) in [5, 5.41) is 15.1. The molecule has 0 radical (unpaired) electrons. The quantitative estimate of drug-likeness (QED) is 0.741. The van der Waals surface area contributed by atoms with Gasteiger partial charge in [0.1, 0.15) is 5.69 Å². The van der Waals surface area contributed by atoms with Gasteiger partial charge in [0.25, 0.3) is 0 Å². The first-order valence-corrected chi connectivity index (χ1v) is 4.29. The fraction of sp³-hybridized carbons (Fsp3) is 0.375. The van der Waals surface area contributed by atoms with Gasteiger partial charge in [0.15, 0.2) is 5.82 Å². The van der Waals surface area contributed by atoms with Crippen molar-refractivity contribution in [2.45, 2.75) is 0 Å². The molecule has 0 aliphatic heterocycles. The molecule has 6 nitrogen and oxygen atoms in total. The number of aryl methyl sites for hydroxylation is 1. The van der Waals surface area contributed by atoms with Crippen LogP contribution in [0.15, 0.2) is 12.3 Å². The topological polar surface area (TPSA) is 60.6 Å². The van der Waals surface area contributed by atoms with Gasteiger partial charge >= 0.3 is 0 Å². The van der Waals surface area contributed by atoms with Crippen molar-refractivity contribution in [3.8, 4) is 11.5 Å². The Morgan fingerprint density at radius 2 is 2.07 bits per heavy atom. The van der Waals surface area contributed by atoms with Crippen molar-refractivity contribution in [1.29, 1.82) is 0 Å². The fourth-order valence-electron chi connectivity index (χ4n) is 1.36. The summed E-state index contributed by atoms with van der Waals surface area (Å²) >= 11 is 0. The molecule has 0 saturated carbocycles. The van der Waals surface area contributed by atoms with Crippen LogP contribution in [-0.4, -0.2) is 31.6 Å². The predicted molar refractivity (Wildman–Crippen MR) is 52.8 cm³/mol. The molecule has 2 heterocycles. The van der Waals surface area contributed by atoms with Gasteiger partial charge in [0.05, 0.1) is 0 Å². The van der Waals surface area contributed by atoms with Crippen molar-refractivity contribution >= 4 is 5.95 Å². The zero-order chi connectivity index (χ0) is 10.1. The number of rotatable bonds is 2. The lowest BCUT2D eigenvalue weighted by molar-refractivity contribution is 0.762. The molecule has 0 bridgehead atoms. The van der Waals surface area contributed by atoms with Gasteiger partial charge in [-0.05, 0) is 6.07 Å². The second-order valence-electron chi connectivity index (χ2n) is 3.00. The van der Waals surface area contributed by atoms with E-state index < -0.39 is 0 Å². The molecule has 0 aliphatic carbocycles. The van der Waals surface area contributed by atoms with Crippen molar-refractivity contribution in [2.24, 2.45) is 14.1 Å². The van der Waals surface area contributed by atoms with Crippen LogP contribution < -0.4 is 5.32 Å². The maximum Gasteiger partial charge on any atom is 0.224 e. The van der Waals surface area contributed by atoms with Gasteiger partial charge in [-0.2, -0.15) is 5.10 Å². The van der Waals surface area contributed by atoms with Crippen LogP contribution in [-0.2, 0) is 14.1 Å². The summed E-state index contributed by atoms with van der Waals surface area (Å²) in [6.07, 6.45) is 1.74. The molecule has 0 amide bonds. The van der Waals surface area contributed by atoms with Crippen molar-refractivity contribution in [3.63, 3.8) is 0 Å². The Morgan fingerprint density at radius 3 is 2.57 bits per heavy atom. The Bertz CT molecular complexity index is 440. The van der Waals surface area contributed by atoms with Crippen LogP contribution in [0, 0.1) is 0 Å². The van der Waals surface area contributed by atoms with E-state index in [-0.39, 0.29) is 0 Å². The minimum atomic E-state index is 0.737. The average Bonchev–Trinajstić information content (AvgIpc) is 2.72. The molecule has 0 aliphatic rings. The highest BCUT2D eigenvalue weighted by atomic mass is 15.4. The third-order valence-electron chi connectivity index (χ3n) is 2.15. The number of aromatic nitrogens is 5. The Hall–Kier alpha value is -1.85. The SMILES string of the molecule is CNc1nnc(-c2ccnn2C)n1C. The molecular weight excluding hydrogens is 180 g/mol. The molecule has 0 saturated heterocycles. The second-order valence-corrected chi connectivity index (χ2v) is 3.00. The zero-order valence-corrected chi connectivity index (χ0v) is 8.39. The molecule has 0 atom stereocenters. The molecule has 0 spiro atoms. The zero-order valence-electron chi connectivity index (χ0n) is 8.39. The highest BCUT2D eigenvalue weighted by Gasteiger charge is 2.11. The molecule has 14 heavy (non-hydrogen) atoms. The van der Waals surface area contributed by atoms with Crippen LogP contribution in [0.4, 0.5) is 5.95 Å². The minimum absolute atomic E-state index is 0.737. The van der Waals surface area contributed by atoms with Crippen LogP contribution in [0.2, 0.25) is 0 Å². The van der Waals surface area contributed by atoms with Gasteiger partial charge < -0.3 is 5.32 Å². The van der Waals surface area contributed by atoms with E-state index >= 15 is 0 Å². The van der Waals surface area contributed by atoms with E-state index in [9.17, 15) is 0 Å². The van der Waals surface area contributed by atoms with Crippen molar-refractivity contribution < 1.29 is 0 Å². The maximum absolute atomic E-state index is 4.08. The summed E-state index contributed by atoms with van der Waals surface area (Å²) in [6, 6.07) is 1.91. The van der Waals surface area contributed by atoms with E-state index in [4.69, 9.17) is 0 Å². The van der Waals surface area contributed by atoms with Crippen molar-refractivity contribution in [3.05, 3.63) is 12.3 Å². The monoisotopic (exact) mass is 192 g/mol. The van der Waals surface area contributed by atoms with Gasteiger partial charge in [-0.15, -0.1) is 10.2 Å². The first kappa shape index (κ1) is 8.74. The van der Waals surface area contributed by atoms with Crippen LogP contribution >= 0.6 is 0 Å². The van der Waals surface area contributed by atoms with Crippen LogP contribution in [0.3, 0.4) is 0 Å². The number of nitrogens with zero attached hydrogens (tertiary/aromatic N) is 5. The van der Waals surface area contributed by atoms with Gasteiger partial charge in [0, 0.05) is 27.3 Å². The summed E-state index contributed by atoms with van der Waals surface area (Å²) < 4.78 is 3.65. The second kappa shape index (κ2) is 3.13. The lowest BCUT2D eigenvalue weighted by atomic mass is 10.4. The largest absolute Gasteiger partial charge is 0.357 e. The predicted octanol–water partition coefficient (Wildman–Crippen LogP) is 0.257. The van der Waals surface area contributed by atoms with Crippen LogP contribution in [0.25, 0.3) is 11.5 Å². The molecule has 6 heteroatoms.